The summed E-state index contributed by atoms with van der Waals surface area (Å²) >= 11 is 0. The van der Waals surface area contributed by atoms with E-state index in [2.05, 4.69) is 5.32 Å². The zero-order valence-electron chi connectivity index (χ0n) is 16.3. The predicted octanol–water partition coefficient (Wildman–Crippen LogP) is 3.48. The Kier molecular flexibility index (Phi) is 6.03. The molecule has 0 atom stereocenters. The molecule has 0 saturated carbocycles. The van der Waals surface area contributed by atoms with Crippen LogP contribution >= 0.6 is 0 Å². The van der Waals surface area contributed by atoms with E-state index in [0.29, 0.717) is 47.2 Å². The Bertz CT molecular complexity index is 881. The van der Waals surface area contributed by atoms with Crippen LogP contribution in [0.15, 0.2) is 36.4 Å². The number of nitrogens with zero attached hydrogens (tertiary/aromatic N) is 1. The van der Waals surface area contributed by atoms with Crippen LogP contribution in [0.4, 0.5) is 11.4 Å². The average molecular weight is 384 g/mol. The second kappa shape index (κ2) is 8.65. The largest absolute Gasteiger partial charge is 0.497 e. The molecule has 1 fully saturated rings. The fraction of sp³-hybridized carbons (Fsp3) is 0.333. The first-order valence-corrected chi connectivity index (χ1v) is 9.09. The van der Waals surface area contributed by atoms with E-state index >= 15 is 0 Å². The van der Waals surface area contributed by atoms with Crippen molar-refractivity contribution in [1.82, 2.24) is 0 Å². The molecule has 0 bridgehead atoms. The smallest absolute Gasteiger partial charge is 0.259 e. The predicted molar refractivity (Wildman–Crippen MR) is 107 cm³/mol. The van der Waals surface area contributed by atoms with E-state index < -0.39 is 0 Å². The fourth-order valence-corrected chi connectivity index (χ4v) is 3.22. The van der Waals surface area contributed by atoms with Gasteiger partial charge in [0.05, 0.1) is 32.6 Å². The summed E-state index contributed by atoms with van der Waals surface area (Å²) in [6.45, 7) is 0.671. The standard InChI is InChI=1S/C21H24N2O5/c1-26-15-8-9-16(18(13-15)27-2)21(25)22-14-7-10-17(19(12-14)28-3)23-11-5-4-6-20(23)24/h7-10,12-13H,4-6,11H2,1-3H3,(H,22,25). The van der Waals surface area contributed by atoms with Crippen LogP contribution in [0, 0.1) is 0 Å². The normalized spacial score (nSPS) is 13.8. The van der Waals surface area contributed by atoms with Crippen LogP contribution in [-0.4, -0.2) is 39.7 Å². The maximum Gasteiger partial charge on any atom is 0.259 e. The maximum absolute atomic E-state index is 12.7. The summed E-state index contributed by atoms with van der Waals surface area (Å²) in [5.41, 5.74) is 1.66. The van der Waals surface area contributed by atoms with Crippen molar-refractivity contribution in [3.05, 3.63) is 42.0 Å². The Morgan fingerprint density at radius 3 is 2.43 bits per heavy atom. The van der Waals surface area contributed by atoms with Crippen LogP contribution in [0.5, 0.6) is 17.2 Å². The second-order valence-corrected chi connectivity index (χ2v) is 6.41. The maximum atomic E-state index is 12.7. The number of benzene rings is 2. The van der Waals surface area contributed by atoms with Gasteiger partial charge in [0.1, 0.15) is 17.2 Å². The molecule has 1 N–H and O–H groups in total. The zero-order chi connectivity index (χ0) is 20.1. The monoisotopic (exact) mass is 384 g/mol. The molecule has 3 rings (SSSR count). The van der Waals surface area contributed by atoms with E-state index in [-0.39, 0.29) is 11.8 Å². The average Bonchev–Trinajstić information content (AvgIpc) is 2.73. The summed E-state index contributed by atoms with van der Waals surface area (Å²) in [5.74, 6) is 1.33. The molecule has 148 valence electrons. The van der Waals surface area contributed by atoms with Gasteiger partial charge in [0.25, 0.3) is 5.91 Å². The van der Waals surface area contributed by atoms with Crippen LogP contribution in [0.3, 0.4) is 0 Å². The van der Waals surface area contributed by atoms with Crippen LogP contribution in [0.25, 0.3) is 0 Å². The first-order chi connectivity index (χ1) is 13.6. The molecule has 7 heteroatoms. The first-order valence-electron chi connectivity index (χ1n) is 9.09. The number of amides is 2. The molecule has 0 unspecified atom stereocenters. The van der Waals surface area contributed by atoms with Gasteiger partial charge in [-0.15, -0.1) is 0 Å². The molecule has 0 spiro atoms. The van der Waals surface area contributed by atoms with Gasteiger partial charge in [0, 0.05) is 30.8 Å². The molecule has 28 heavy (non-hydrogen) atoms. The number of carbonyl (C=O) groups is 2. The molecular formula is C21H24N2O5. The lowest BCUT2D eigenvalue weighted by atomic mass is 10.1. The van der Waals surface area contributed by atoms with E-state index in [1.54, 1.807) is 55.5 Å². The highest BCUT2D eigenvalue weighted by atomic mass is 16.5. The van der Waals surface area contributed by atoms with Crippen LogP contribution in [0.2, 0.25) is 0 Å². The van der Waals surface area contributed by atoms with Gasteiger partial charge in [-0.05, 0) is 37.1 Å². The number of anilines is 2. The quantitative estimate of drug-likeness (QED) is 0.825. The number of nitrogens with one attached hydrogen (secondary N) is 1. The molecule has 2 amide bonds. The van der Waals surface area contributed by atoms with Gasteiger partial charge in [-0.25, -0.2) is 0 Å². The molecule has 2 aromatic carbocycles. The topological polar surface area (TPSA) is 77.1 Å². The van der Waals surface area contributed by atoms with E-state index in [9.17, 15) is 9.59 Å². The molecule has 0 aromatic heterocycles. The van der Waals surface area contributed by atoms with Crippen molar-refractivity contribution in [2.45, 2.75) is 19.3 Å². The highest BCUT2D eigenvalue weighted by Crippen LogP contribution is 2.34. The Morgan fingerprint density at radius 2 is 1.75 bits per heavy atom. The van der Waals surface area contributed by atoms with E-state index in [1.165, 1.54) is 7.11 Å². The van der Waals surface area contributed by atoms with Gasteiger partial charge in [-0.1, -0.05) is 0 Å². The summed E-state index contributed by atoms with van der Waals surface area (Å²) in [7, 11) is 4.60. The van der Waals surface area contributed by atoms with E-state index in [4.69, 9.17) is 14.2 Å². The Hall–Kier alpha value is -3.22. The highest BCUT2D eigenvalue weighted by molar-refractivity contribution is 6.06. The van der Waals surface area contributed by atoms with E-state index in [0.717, 1.165) is 12.8 Å². The molecule has 1 heterocycles. The summed E-state index contributed by atoms with van der Waals surface area (Å²) in [6, 6.07) is 10.3. The van der Waals surface area contributed by atoms with E-state index in [1.807, 2.05) is 0 Å². The summed E-state index contributed by atoms with van der Waals surface area (Å²) < 4.78 is 15.9. The number of hydrogen-bond acceptors (Lipinski definition) is 5. The molecule has 1 aliphatic heterocycles. The van der Waals surface area contributed by atoms with Gasteiger partial charge in [0.2, 0.25) is 5.91 Å². The van der Waals surface area contributed by atoms with Crippen LogP contribution < -0.4 is 24.4 Å². The fourth-order valence-electron chi connectivity index (χ4n) is 3.22. The second-order valence-electron chi connectivity index (χ2n) is 6.41. The molecule has 2 aromatic rings. The third-order valence-electron chi connectivity index (χ3n) is 4.71. The lowest BCUT2D eigenvalue weighted by Crippen LogP contribution is -2.35. The van der Waals surface area contributed by atoms with Gasteiger partial charge in [-0.2, -0.15) is 0 Å². The lowest BCUT2D eigenvalue weighted by Gasteiger charge is -2.28. The van der Waals surface area contributed by atoms with Gasteiger partial charge < -0.3 is 24.4 Å². The SMILES string of the molecule is COc1ccc(C(=O)Nc2ccc(N3CCCCC3=O)c(OC)c2)c(OC)c1. The van der Waals surface area contributed by atoms with Crippen molar-refractivity contribution in [3.63, 3.8) is 0 Å². The molecule has 1 saturated heterocycles. The van der Waals surface area contributed by atoms with Gasteiger partial charge >= 0.3 is 0 Å². The molecule has 0 aliphatic carbocycles. The third-order valence-corrected chi connectivity index (χ3v) is 4.71. The molecule has 1 aliphatic rings. The molecule has 0 radical (unpaired) electrons. The first kappa shape index (κ1) is 19.5. The number of ether oxygens (including phenoxy) is 3. The molecule has 7 nitrogen and oxygen atoms in total. The Labute approximate surface area is 164 Å². The zero-order valence-corrected chi connectivity index (χ0v) is 16.3. The summed E-state index contributed by atoms with van der Waals surface area (Å²) in [5, 5.41) is 2.84. The van der Waals surface area contributed by atoms with Crippen molar-refractivity contribution >= 4 is 23.2 Å². The summed E-state index contributed by atoms with van der Waals surface area (Å²) in [4.78, 5) is 26.6. The summed E-state index contributed by atoms with van der Waals surface area (Å²) in [6.07, 6.45) is 2.42. The van der Waals surface area contributed by atoms with Crippen LogP contribution in [0.1, 0.15) is 29.6 Å². The minimum atomic E-state index is -0.316. The number of hydrogen-bond donors (Lipinski definition) is 1. The number of piperidine rings is 1. The number of methoxy groups -OCH3 is 3. The van der Waals surface area contributed by atoms with Gasteiger partial charge in [-0.3, -0.25) is 9.59 Å². The van der Waals surface area contributed by atoms with Crippen molar-refractivity contribution in [2.75, 3.05) is 38.1 Å². The van der Waals surface area contributed by atoms with Crippen LogP contribution in [-0.2, 0) is 4.79 Å². The Balaban J connectivity index is 1.83. The minimum absolute atomic E-state index is 0.0873. The number of carbonyl (C=O) groups excluding carboxylic acids is 2. The minimum Gasteiger partial charge on any atom is -0.497 e. The van der Waals surface area contributed by atoms with Gasteiger partial charge in [0.15, 0.2) is 0 Å². The van der Waals surface area contributed by atoms with Crippen molar-refractivity contribution in [3.8, 4) is 17.2 Å². The highest BCUT2D eigenvalue weighted by Gasteiger charge is 2.23. The lowest BCUT2D eigenvalue weighted by molar-refractivity contribution is -0.119. The third kappa shape index (κ3) is 4.03. The Morgan fingerprint density at radius 1 is 0.964 bits per heavy atom. The van der Waals surface area contributed by atoms with Crippen molar-refractivity contribution < 1.29 is 23.8 Å². The molecular weight excluding hydrogens is 360 g/mol. The van der Waals surface area contributed by atoms with Crippen molar-refractivity contribution in [1.29, 1.82) is 0 Å². The number of rotatable bonds is 6. The van der Waals surface area contributed by atoms with Crippen molar-refractivity contribution in [2.24, 2.45) is 0 Å².